The number of ether oxygens (including phenoxy) is 1. The van der Waals surface area contributed by atoms with Gasteiger partial charge in [0.15, 0.2) is 17.1 Å². The molecule has 0 saturated carbocycles. The highest BCUT2D eigenvalue weighted by atomic mass is 35.5. The van der Waals surface area contributed by atoms with Crippen LogP contribution in [0.15, 0.2) is 24.3 Å². The number of unbranched alkanes of at least 4 members (excludes halogenated alkanes) is 1. The zero-order chi connectivity index (χ0) is 14.3. The van der Waals surface area contributed by atoms with Crippen LogP contribution in [0.2, 0.25) is 0 Å². The minimum absolute atomic E-state index is 0.208. The number of carbonyl (C=O) groups is 1. The van der Waals surface area contributed by atoms with E-state index in [4.69, 9.17) is 21.4 Å². The number of esters is 1. The fraction of sp³-hybridized carbons (Fsp3) is 0.357. The van der Waals surface area contributed by atoms with Gasteiger partial charge in [-0.25, -0.2) is 4.79 Å². The highest BCUT2D eigenvalue weighted by Crippen LogP contribution is 2.25. The van der Waals surface area contributed by atoms with Crippen molar-refractivity contribution in [3.8, 4) is 11.5 Å². The topological polar surface area (TPSA) is 66.8 Å². The van der Waals surface area contributed by atoms with Crippen molar-refractivity contribution in [2.24, 2.45) is 0 Å². The Morgan fingerprint density at radius 3 is 2.79 bits per heavy atom. The molecule has 1 aromatic rings. The summed E-state index contributed by atoms with van der Waals surface area (Å²) in [5, 5.41) is 18.4. The predicted molar refractivity (Wildman–Crippen MR) is 74.1 cm³/mol. The minimum atomic E-state index is -0.620. The first-order valence-corrected chi connectivity index (χ1v) is 6.51. The van der Waals surface area contributed by atoms with Gasteiger partial charge in [0.2, 0.25) is 0 Å². The van der Waals surface area contributed by atoms with E-state index in [-0.39, 0.29) is 11.5 Å². The number of aromatic hydroxyl groups is 2. The van der Waals surface area contributed by atoms with E-state index in [1.54, 1.807) is 6.07 Å². The maximum atomic E-state index is 11.4. The third-order valence-corrected chi connectivity index (χ3v) is 2.75. The van der Waals surface area contributed by atoms with Crippen molar-refractivity contribution in [3.63, 3.8) is 0 Å². The SMILES string of the molecule is CCCCC(Cl)OC(=O)/C=C/c1ccc(O)c(O)c1. The molecule has 1 rings (SSSR count). The molecule has 19 heavy (non-hydrogen) atoms. The maximum absolute atomic E-state index is 11.4. The zero-order valence-electron chi connectivity index (χ0n) is 10.7. The summed E-state index contributed by atoms with van der Waals surface area (Å²) < 4.78 is 4.96. The standard InChI is InChI=1S/C14H17ClO4/c1-2-3-4-13(15)19-14(18)8-6-10-5-7-11(16)12(17)9-10/h5-9,13,16-17H,2-4H2,1H3/b8-6+. The molecule has 1 aromatic carbocycles. The second-order valence-electron chi connectivity index (χ2n) is 4.07. The summed E-state index contributed by atoms with van der Waals surface area (Å²) >= 11 is 5.83. The molecule has 4 nitrogen and oxygen atoms in total. The van der Waals surface area contributed by atoms with Crippen LogP contribution in [0.4, 0.5) is 0 Å². The lowest BCUT2D eigenvalue weighted by molar-refractivity contribution is -0.139. The molecule has 0 aliphatic carbocycles. The molecular formula is C14H17ClO4. The van der Waals surface area contributed by atoms with Crippen LogP contribution in [0.3, 0.4) is 0 Å². The van der Waals surface area contributed by atoms with E-state index in [9.17, 15) is 9.90 Å². The molecule has 0 aliphatic rings. The first-order chi connectivity index (χ1) is 9.02. The van der Waals surface area contributed by atoms with Gasteiger partial charge in [-0.05, 0) is 36.6 Å². The van der Waals surface area contributed by atoms with Crippen LogP contribution >= 0.6 is 11.6 Å². The smallest absolute Gasteiger partial charge is 0.332 e. The first kappa shape index (κ1) is 15.4. The molecule has 2 N–H and O–H groups in total. The number of phenols is 2. The van der Waals surface area contributed by atoms with E-state index in [0.29, 0.717) is 12.0 Å². The summed E-state index contributed by atoms with van der Waals surface area (Å²) in [5.41, 5.74) is -0.0442. The Kier molecular flexibility index (Phi) is 6.22. The summed E-state index contributed by atoms with van der Waals surface area (Å²) in [4.78, 5) is 11.4. The summed E-state index contributed by atoms with van der Waals surface area (Å²) in [5.74, 6) is -0.988. The van der Waals surface area contributed by atoms with Crippen LogP contribution in [-0.2, 0) is 9.53 Å². The summed E-state index contributed by atoms with van der Waals surface area (Å²) in [6.45, 7) is 2.03. The maximum Gasteiger partial charge on any atom is 0.332 e. The summed E-state index contributed by atoms with van der Waals surface area (Å²) in [6, 6.07) is 4.24. The molecule has 0 radical (unpaired) electrons. The Hall–Kier alpha value is -1.68. The van der Waals surface area contributed by atoms with Crippen molar-refractivity contribution < 1.29 is 19.7 Å². The highest BCUT2D eigenvalue weighted by molar-refractivity contribution is 6.20. The van der Waals surface area contributed by atoms with Gasteiger partial charge in [-0.2, -0.15) is 0 Å². The predicted octanol–water partition coefficient (Wildman–Crippen LogP) is 3.41. The Bertz CT molecular complexity index is 457. The van der Waals surface area contributed by atoms with Gasteiger partial charge in [-0.15, -0.1) is 0 Å². The number of phenolic OH excluding ortho intramolecular Hbond substituents is 2. The van der Waals surface area contributed by atoms with Crippen LogP contribution in [0.1, 0.15) is 31.7 Å². The molecule has 0 spiro atoms. The van der Waals surface area contributed by atoms with Crippen molar-refractivity contribution in [1.82, 2.24) is 0 Å². The molecule has 0 saturated heterocycles. The van der Waals surface area contributed by atoms with Gasteiger partial charge in [0.25, 0.3) is 0 Å². The number of benzene rings is 1. The molecule has 0 aromatic heterocycles. The third-order valence-electron chi connectivity index (χ3n) is 2.44. The van der Waals surface area contributed by atoms with E-state index >= 15 is 0 Å². The van der Waals surface area contributed by atoms with Gasteiger partial charge >= 0.3 is 5.97 Å². The fourth-order valence-electron chi connectivity index (χ4n) is 1.40. The molecule has 5 heteroatoms. The quantitative estimate of drug-likeness (QED) is 0.364. The van der Waals surface area contributed by atoms with Crippen LogP contribution in [0.5, 0.6) is 11.5 Å². The van der Waals surface area contributed by atoms with Gasteiger partial charge in [0.1, 0.15) is 0 Å². The van der Waals surface area contributed by atoms with Crippen LogP contribution in [-0.4, -0.2) is 21.7 Å². The van der Waals surface area contributed by atoms with Gasteiger partial charge in [-0.1, -0.05) is 31.0 Å². The number of alkyl halides is 1. The van der Waals surface area contributed by atoms with Crippen molar-refractivity contribution in [1.29, 1.82) is 0 Å². The molecule has 1 atom stereocenters. The largest absolute Gasteiger partial charge is 0.504 e. The molecule has 1 unspecified atom stereocenters. The van der Waals surface area contributed by atoms with Gasteiger partial charge in [0.05, 0.1) is 0 Å². The monoisotopic (exact) mass is 284 g/mol. The van der Waals surface area contributed by atoms with Crippen molar-refractivity contribution in [2.75, 3.05) is 0 Å². The average molecular weight is 285 g/mol. The molecule has 0 fully saturated rings. The zero-order valence-corrected chi connectivity index (χ0v) is 11.4. The number of carbonyl (C=O) groups excluding carboxylic acids is 1. The van der Waals surface area contributed by atoms with Gasteiger partial charge in [0, 0.05) is 6.08 Å². The second kappa shape index (κ2) is 7.69. The summed E-state index contributed by atoms with van der Waals surface area (Å²) in [7, 11) is 0. The van der Waals surface area contributed by atoms with Gasteiger partial charge < -0.3 is 14.9 Å². The molecule has 0 amide bonds. The third kappa shape index (κ3) is 5.66. The van der Waals surface area contributed by atoms with Crippen LogP contribution in [0.25, 0.3) is 6.08 Å². The summed E-state index contributed by atoms with van der Waals surface area (Å²) in [6.07, 6.45) is 5.22. The Morgan fingerprint density at radius 2 is 2.16 bits per heavy atom. The lowest BCUT2D eigenvalue weighted by Gasteiger charge is -2.08. The Morgan fingerprint density at radius 1 is 1.42 bits per heavy atom. The molecule has 0 bridgehead atoms. The molecular weight excluding hydrogens is 268 g/mol. The average Bonchev–Trinajstić information content (AvgIpc) is 2.38. The Labute approximate surface area is 117 Å². The van der Waals surface area contributed by atoms with E-state index in [1.165, 1.54) is 24.3 Å². The normalized spacial score (nSPS) is 12.5. The van der Waals surface area contributed by atoms with Crippen molar-refractivity contribution >= 4 is 23.6 Å². The first-order valence-electron chi connectivity index (χ1n) is 6.07. The van der Waals surface area contributed by atoms with Crippen LogP contribution < -0.4 is 0 Å². The molecule has 0 aliphatic heterocycles. The lowest BCUT2D eigenvalue weighted by Crippen LogP contribution is -2.10. The van der Waals surface area contributed by atoms with Crippen LogP contribution in [0, 0.1) is 0 Å². The number of hydrogen-bond acceptors (Lipinski definition) is 4. The molecule has 104 valence electrons. The minimum Gasteiger partial charge on any atom is -0.504 e. The fourth-order valence-corrected chi connectivity index (χ4v) is 1.64. The Balaban J connectivity index is 2.51. The van der Waals surface area contributed by atoms with E-state index in [1.807, 2.05) is 6.92 Å². The number of rotatable bonds is 6. The molecule has 0 heterocycles. The van der Waals surface area contributed by atoms with Gasteiger partial charge in [-0.3, -0.25) is 0 Å². The second-order valence-corrected chi connectivity index (χ2v) is 4.56. The van der Waals surface area contributed by atoms with E-state index < -0.39 is 11.5 Å². The lowest BCUT2D eigenvalue weighted by atomic mass is 10.2. The highest BCUT2D eigenvalue weighted by Gasteiger charge is 2.08. The number of halogens is 1. The van der Waals surface area contributed by atoms with Crippen molar-refractivity contribution in [2.45, 2.75) is 31.7 Å². The number of hydrogen-bond donors (Lipinski definition) is 2. The van der Waals surface area contributed by atoms with E-state index in [2.05, 4.69) is 0 Å². The van der Waals surface area contributed by atoms with Crippen molar-refractivity contribution in [3.05, 3.63) is 29.8 Å². The van der Waals surface area contributed by atoms with E-state index in [0.717, 1.165) is 12.8 Å².